The molecule has 7 nitrogen and oxygen atoms in total. The lowest BCUT2D eigenvalue weighted by Gasteiger charge is -2.39. The minimum absolute atomic E-state index is 0.183. The topological polar surface area (TPSA) is 130 Å². The van der Waals surface area contributed by atoms with Crippen molar-refractivity contribution in [1.29, 1.82) is 5.41 Å². The zero-order valence-corrected chi connectivity index (χ0v) is 19.5. The normalized spacial score (nSPS) is 12.5. The number of nitrogens with one attached hydrogen (secondary N) is 1. The second kappa shape index (κ2) is 10.3. The highest BCUT2D eigenvalue weighted by atomic mass is 16.2. The summed E-state index contributed by atoms with van der Waals surface area (Å²) in [5.74, 6) is -1.14. The zero-order chi connectivity index (χ0) is 25.7. The van der Waals surface area contributed by atoms with Crippen LogP contribution in [0.15, 0.2) is 97.1 Å². The number of nitrogens with zero attached hydrogens (tertiary/aromatic N) is 1. The van der Waals surface area contributed by atoms with Crippen molar-refractivity contribution >= 4 is 40.3 Å². The van der Waals surface area contributed by atoms with Gasteiger partial charge in [-0.1, -0.05) is 78.9 Å². The Morgan fingerprint density at radius 1 is 0.833 bits per heavy atom. The molecule has 0 saturated heterocycles. The zero-order valence-electron chi connectivity index (χ0n) is 19.5. The molecule has 0 saturated carbocycles. The van der Waals surface area contributed by atoms with Crippen LogP contribution in [0.1, 0.15) is 27.9 Å². The molecule has 179 valence electrons. The number of ketones is 1. The average molecular weight is 478 g/mol. The lowest BCUT2D eigenvalue weighted by molar-refractivity contribution is -0.118. The minimum Gasteiger partial charge on any atom is -0.384 e. The van der Waals surface area contributed by atoms with Crippen LogP contribution < -0.4 is 16.4 Å². The largest absolute Gasteiger partial charge is 0.384 e. The van der Waals surface area contributed by atoms with Crippen molar-refractivity contribution in [2.45, 2.75) is 12.0 Å². The molecule has 1 radical (unpaired) electrons. The molecule has 0 unspecified atom stereocenters. The Hall–Kier alpha value is -4.62. The number of nitrogen functional groups attached to an aromatic ring is 1. The Morgan fingerprint density at radius 2 is 1.50 bits per heavy atom. The van der Waals surface area contributed by atoms with E-state index in [9.17, 15) is 14.4 Å². The quantitative estimate of drug-likeness (QED) is 0.192. The summed E-state index contributed by atoms with van der Waals surface area (Å²) >= 11 is 0. The maximum absolute atomic E-state index is 13.6. The molecule has 0 spiro atoms. The second-order valence-corrected chi connectivity index (χ2v) is 8.39. The number of nitrogens with two attached hydrogens (primary N) is 2. The maximum Gasteiger partial charge on any atom is 0.241 e. The number of benzene rings is 4. The third kappa shape index (κ3) is 4.64. The van der Waals surface area contributed by atoms with Gasteiger partial charge in [0.1, 0.15) is 11.4 Å². The summed E-state index contributed by atoms with van der Waals surface area (Å²) in [4.78, 5) is 41.1. The predicted octanol–water partition coefficient (Wildman–Crippen LogP) is 3.69. The first-order valence-corrected chi connectivity index (χ1v) is 11.3. The highest BCUT2D eigenvalue weighted by Gasteiger charge is 2.45. The van der Waals surface area contributed by atoms with Crippen LogP contribution in [0.5, 0.6) is 0 Å². The number of amides is 1. The van der Waals surface area contributed by atoms with Crippen molar-refractivity contribution in [3.8, 4) is 0 Å². The van der Waals surface area contributed by atoms with Crippen LogP contribution in [0.2, 0.25) is 0 Å². The molecular formula is C29H25N4O3. The summed E-state index contributed by atoms with van der Waals surface area (Å²) < 4.78 is 0. The van der Waals surface area contributed by atoms with E-state index >= 15 is 0 Å². The Bertz CT molecular complexity index is 1450. The number of carbonyl (C=O) groups excluding carboxylic acids is 3. The number of amidine groups is 1. The van der Waals surface area contributed by atoms with Crippen molar-refractivity contribution in [3.63, 3.8) is 0 Å². The van der Waals surface area contributed by atoms with Gasteiger partial charge in [-0.05, 0) is 34.5 Å². The molecule has 5 N–H and O–H groups in total. The standard InChI is InChI=1S/C29H25N4O3/c30-18-27(36)33(25-14-13-20-7-4-5-8-21(20)16-25)29(19-34,24-11-2-1-3-12-24)17-26(35)22-9-6-10-23(15-22)28(31)32/h1-16H,17-18,30H2,(H3,31,32)/t29-/m0/s1. The van der Waals surface area contributed by atoms with E-state index in [-0.39, 0.29) is 24.4 Å². The summed E-state index contributed by atoms with van der Waals surface area (Å²) in [5.41, 5.74) is 11.1. The number of carbonyl (C=O) groups is 2. The van der Waals surface area contributed by atoms with E-state index in [2.05, 4.69) is 0 Å². The third-order valence-electron chi connectivity index (χ3n) is 6.13. The van der Waals surface area contributed by atoms with Crippen LogP contribution in [0.4, 0.5) is 5.69 Å². The summed E-state index contributed by atoms with van der Waals surface area (Å²) in [6.07, 6.45) is 1.66. The van der Waals surface area contributed by atoms with Gasteiger partial charge < -0.3 is 11.5 Å². The van der Waals surface area contributed by atoms with Crippen molar-refractivity contribution < 1.29 is 14.4 Å². The molecule has 7 heteroatoms. The SMILES string of the molecule is N=C(N)c1cccc(C(=O)C[C@]([C]=O)(c2ccccc2)N(C(=O)CN)c2ccc3ccccc3c2)c1. The minimum atomic E-state index is -1.79. The number of hydrogen-bond acceptors (Lipinski definition) is 5. The van der Waals surface area contributed by atoms with Gasteiger partial charge in [-0.2, -0.15) is 0 Å². The van der Waals surface area contributed by atoms with Crippen LogP contribution in [0.25, 0.3) is 10.8 Å². The van der Waals surface area contributed by atoms with Gasteiger partial charge in [0.25, 0.3) is 0 Å². The van der Waals surface area contributed by atoms with Gasteiger partial charge in [0, 0.05) is 23.2 Å². The van der Waals surface area contributed by atoms with E-state index in [4.69, 9.17) is 16.9 Å². The molecule has 0 aliphatic carbocycles. The summed E-state index contributed by atoms with van der Waals surface area (Å²) in [5, 5.41) is 9.51. The number of hydrogen-bond donors (Lipinski definition) is 3. The highest BCUT2D eigenvalue weighted by molar-refractivity contribution is 6.07. The van der Waals surface area contributed by atoms with E-state index in [0.717, 1.165) is 10.8 Å². The van der Waals surface area contributed by atoms with Gasteiger partial charge in [0.2, 0.25) is 12.2 Å². The lowest BCUT2D eigenvalue weighted by atomic mass is 9.82. The molecule has 0 aliphatic heterocycles. The van der Waals surface area contributed by atoms with E-state index in [1.54, 1.807) is 60.7 Å². The van der Waals surface area contributed by atoms with Crippen LogP contribution in [0.3, 0.4) is 0 Å². The Kier molecular flexibility index (Phi) is 7.03. The van der Waals surface area contributed by atoms with E-state index in [1.165, 1.54) is 11.0 Å². The number of anilines is 1. The molecule has 0 fully saturated rings. The van der Waals surface area contributed by atoms with E-state index < -0.39 is 17.2 Å². The Morgan fingerprint density at radius 3 is 2.17 bits per heavy atom. The average Bonchev–Trinajstić information content (AvgIpc) is 2.92. The molecule has 0 aromatic heterocycles. The molecule has 0 aliphatic rings. The van der Waals surface area contributed by atoms with Gasteiger partial charge in [0.05, 0.1) is 6.54 Å². The summed E-state index contributed by atoms with van der Waals surface area (Å²) in [6, 6.07) is 27.9. The van der Waals surface area contributed by atoms with Crippen LogP contribution in [-0.2, 0) is 15.1 Å². The molecule has 4 aromatic carbocycles. The van der Waals surface area contributed by atoms with Gasteiger partial charge >= 0.3 is 0 Å². The number of fused-ring (bicyclic) bond motifs is 1. The van der Waals surface area contributed by atoms with Crippen LogP contribution in [0, 0.1) is 5.41 Å². The monoisotopic (exact) mass is 477 g/mol. The molecule has 0 heterocycles. The third-order valence-corrected chi connectivity index (χ3v) is 6.13. The second-order valence-electron chi connectivity index (χ2n) is 8.39. The maximum atomic E-state index is 13.6. The van der Waals surface area contributed by atoms with Crippen LogP contribution in [-0.4, -0.2) is 30.4 Å². The molecule has 4 rings (SSSR count). The molecule has 1 amide bonds. The van der Waals surface area contributed by atoms with E-state index in [0.29, 0.717) is 16.8 Å². The molecule has 4 aromatic rings. The number of Topliss-reactive ketones (excluding diaryl/α,β-unsaturated/α-hetero) is 1. The van der Waals surface area contributed by atoms with Gasteiger partial charge in [-0.15, -0.1) is 0 Å². The molecule has 36 heavy (non-hydrogen) atoms. The summed E-state index contributed by atoms with van der Waals surface area (Å²) in [6.45, 7) is -0.378. The summed E-state index contributed by atoms with van der Waals surface area (Å²) in [7, 11) is 0. The number of rotatable bonds is 9. The first kappa shape index (κ1) is 24.5. The van der Waals surface area contributed by atoms with Crippen LogP contribution >= 0.6 is 0 Å². The molecule has 1 atom stereocenters. The highest BCUT2D eigenvalue weighted by Crippen LogP contribution is 2.37. The van der Waals surface area contributed by atoms with Crippen molar-refractivity contribution in [2.24, 2.45) is 11.5 Å². The van der Waals surface area contributed by atoms with Gasteiger partial charge in [0.15, 0.2) is 5.78 Å². The Labute approximate surface area is 208 Å². The smallest absolute Gasteiger partial charge is 0.241 e. The first-order valence-electron chi connectivity index (χ1n) is 11.3. The van der Waals surface area contributed by atoms with Crippen molar-refractivity contribution in [2.75, 3.05) is 11.4 Å². The lowest BCUT2D eigenvalue weighted by Crippen LogP contribution is -2.54. The fraction of sp³-hybridized carbons (Fsp3) is 0.103. The molecule has 0 bridgehead atoms. The van der Waals surface area contributed by atoms with Crippen molar-refractivity contribution in [3.05, 3.63) is 114 Å². The van der Waals surface area contributed by atoms with Crippen molar-refractivity contribution in [1.82, 2.24) is 0 Å². The fourth-order valence-corrected chi connectivity index (χ4v) is 4.34. The fourth-order valence-electron chi connectivity index (χ4n) is 4.34. The predicted molar refractivity (Wildman–Crippen MR) is 141 cm³/mol. The molecular weight excluding hydrogens is 452 g/mol. The van der Waals surface area contributed by atoms with Gasteiger partial charge in [-0.25, -0.2) is 0 Å². The van der Waals surface area contributed by atoms with E-state index in [1.807, 2.05) is 36.6 Å². The first-order chi connectivity index (χ1) is 17.4. The Balaban J connectivity index is 1.90. The van der Waals surface area contributed by atoms with Gasteiger partial charge in [-0.3, -0.25) is 24.7 Å².